The van der Waals surface area contributed by atoms with E-state index in [0.717, 1.165) is 0 Å². The molecule has 1 heterocycles. The zero-order valence-electron chi connectivity index (χ0n) is 9.93. The summed E-state index contributed by atoms with van der Waals surface area (Å²) in [6.07, 6.45) is 0. The summed E-state index contributed by atoms with van der Waals surface area (Å²) in [6, 6.07) is 6.98. The summed E-state index contributed by atoms with van der Waals surface area (Å²) in [5.74, 6) is 0. The highest BCUT2D eigenvalue weighted by atomic mass is 16.3. The van der Waals surface area contributed by atoms with Crippen molar-refractivity contribution in [3.05, 3.63) is 45.0 Å². The molecule has 0 amide bonds. The van der Waals surface area contributed by atoms with Crippen molar-refractivity contribution in [2.24, 2.45) is 0 Å². The number of para-hydroxylation sites is 2. The molecule has 1 aromatic heterocycles. The third-order valence-corrected chi connectivity index (χ3v) is 2.21. The van der Waals surface area contributed by atoms with Gasteiger partial charge in [0.25, 0.3) is 0 Å². The summed E-state index contributed by atoms with van der Waals surface area (Å²) in [5, 5.41) is 8.82. The number of rotatable bonds is 2. The molecule has 5 heteroatoms. The van der Waals surface area contributed by atoms with E-state index in [9.17, 15) is 9.59 Å². The Balaban J connectivity index is 0.000000686. The molecule has 2 aromatic rings. The van der Waals surface area contributed by atoms with Gasteiger partial charge in [-0.3, -0.25) is 14.2 Å². The van der Waals surface area contributed by atoms with Crippen molar-refractivity contribution in [1.82, 2.24) is 9.55 Å². The van der Waals surface area contributed by atoms with Crippen molar-refractivity contribution in [3.63, 3.8) is 0 Å². The molecule has 0 unspecified atom stereocenters. The van der Waals surface area contributed by atoms with E-state index >= 15 is 0 Å². The number of aliphatic hydroxyl groups is 1. The Morgan fingerprint density at radius 2 is 1.88 bits per heavy atom. The largest absolute Gasteiger partial charge is 0.395 e. The molecule has 17 heavy (non-hydrogen) atoms. The van der Waals surface area contributed by atoms with Gasteiger partial charge in [-0.05, 0) is 12.1 Å². The molecule has 2 N–H and O–H groups in total. The number of H-pyrrole nitrogens is 1. The first-order valence-electron chi connectivity index (χ1n) is 5.57. The van der Waals surface area contributed by atoms with Crippen LogP contribution in [0.15, 0.2) is 33.9 Å². The number of aliphatic hydroxyl groups excluding tert-OH is 1. The maximum Gasteiger partial charge on any atom is 0.316 e. The van der Waals surface area contributed by atoms with E-state index < -0.39 is 11.1 Å². The lowest BCUT2D eigenvalue weighted by molar-refractivity contribution is 0.276. The van der Waals surface area contributed by atoms with Gasteiger partial charge in [0, 0.05) is 6.54 Å². The lowest BCUT2D eigenvalue weighted by Gasteiger charge is -2.06. The number of hydrogen-bond donors (Lipinski definition) is 2. The van der Waals surface area contributed by atoms with Gasteiger partial charge in [-0.25, -0.2) is 0 Å². The van der Waals surface area contributed by atoms with Gasteiger partial charge < -0.3 is 10.1 Å². The third kappa shape index (κ3) is 2.62. The highest BCUT2D eigenvalue weighted by Crippen LogP contribution is 2.06. The molecule has 0 aliphatic rings. The van der Waals surface area contributed by atoms with Gasteiger partial charge in [-0.15, -0.1) is 0 Å². The maximum atomic E-state index is 11.5. The van der Waals surface area contributed by atoms with E-state index in [-0.39, 0.29) is 13.2 Å². The van der Waals surface area contributed by atoms with Crippen molar-refractivity contribution >= 4 is 11.0 Å². The summed E-state index contributed by atoms with van der Waals surface area (Å²) >= 11 is 0. The molecule has 0 spiro atoms. The molecule has 0 fully saturated rings. The van der Waals surface area contributed by atoms with Crippen molar-refractivity contribution < 1.29 is 5.11 Å². The topological polar surface area (TPSA) is 75.1 Å². The second-order valence-corrected chi connectivity index (χ2v) is 3.15. The SMILES string of the molecule is CC.O=c1[nH]c2ccccc2n(CCO)c1=O. The van der Waals surface area contributed by atoms with Crippen LogP contribution in [0, 0.1) is 0 Å². The second kappa shape index (κ2) is 6.00. The lowest BCUT2D eigenvalue weighted by atomic mass is 10.3. The first kappa shape index (κ1) is 13.2. The van der Waals surface area contributed by atoms with Crippen molar-refractivity contribution in [3.8, 4) is 0 Å². The van der Waals surface area contributed by atoms with Gasteiger partial charge in [-0.1, -0.05) is 26.0 Å². The number of benzene rings is 1. The Morgan fingerprint density at radius 1 is 1.24 bits per heavy atom. The van der Waals surface area contributed by atoms with E-state index in [0.29, 0.717) is 11.0 Å². The van der Waals surface area contributed by atoms with E-state index in [4.69, 9.17) is 5.11 Å². The van der Waals surface area contributed by atoms with Crippen molar-refractivity contribution in [2.45, 2.75) is 20.4 Å². The minimum absolute atomic E-state index is 0.128. The summed E-state index contributed by atoms with van der Waals surface area (Å²) in [6.45, 7) is 3.95. The van der Waals surface area contributed by atoms with Gasteiger partial charge in [0.15, 0.2) is 0 Å². The molecule has 92 valence electrons. The minimum Gasteiger partial charge on any atom is -0.395 e. The molecule has 0 aliphatic heterocycles. The van der Waals surface area contributed by atoms with Crippen molar-refractivity contribution in [2.75, 3.05) is 6.61 Å². The summed E-state index contributed by atoms with van der Waals surface area (Å²) in [5.41, 5.74) is -0.0865. The number of hydrogen-bond acceptors (Lipinski definition) is 3. The normalized spacial score (nSPS) is 9.82. The number of aromatic amines is 1. The predicted molar refractivity (Wildman–Crippen MR) is 67.3 cm³/mol. The number of nitrogens with one attached hydrogen (secondary N) is 1. The molecular weight excluding hydrogens is 220 g/mol. The van der Waals surface area contributed by atoms with E-state index in [1.165, 1.54) is 4.57 Å². The fourth-order valence-corrected chi connectivity index (χ4v) is 1.54. The van der Waals surface area contributed by atoms with Crippen LogP contribution in [-0.4, -0.2) is 21.3 Å². The number of aromatic nitrogens is 2. The monoisotopic (exact) mass is 236 g/mol. The summed E-state index contributed by atoms with van der Waals surface area (Å²) < 4.78 is 1.27. The zero-order valence-corrected chi connectivity index (χ0v) is 9.93. The Kier molecular flexibility index (Phi) is 4.66. The Bertz CT molecular complexity index is 598. The quantitative estimate of drug-likeness (QED) is 0.754. The molecule has 0 radical (unpaired) electrons. The van der Waals surface area contributed by atoms with Crippen molar-refractivity contribution in [1.29, 1.82) is 0 Å². The molecular formula is C12H16N2O3. The molecule has 0 aliphatic carbocycles. The molecule has 0 saturated carbocycles. The predicted octanol–water partition coefficient (Wildman–Crippen LogP) is 0.708. The molecule has 0 atom stereocenters. The first-order valence-corrected chi connectivity index (χ1v) is 5.57. The highest BCUT2D eigenvalue weighted by molar-refractivity contribution is 5.74. The summed E-state index contributed by atoms with van der Waals surface area (Å²) in [7, 11) is 0. The van der Waals surface area contributed by atoms with E-state index in [2.05, 4.69) is 4.98 Å². The average Bonchev–Trinajstić information content (AvgIpc) is 2.37. The second-order valence-electron chi connectivity index (χ2n) is 3.15. The van der Waals surface area contributed by atoms with Crippen LogP contribution in [-0.2, 0) is 6.54 Å². The van der Waals surface area contributed by atoms with Crippen LogP contribution in [0.1, 0.15) is 13.8 Å². The van der Waals surface area contributed by atoms with Crippen LogP contribution >= 0.6 is 0 Å². The zero-order chi connectivity index (χ0) is 12.8. The Labute approximate surface area is 98.3 Å². The maximum absolute atomic E-state index is 11.5. The van der Waals surface area contributed by atoms with E-state index in [1.807, 2.05) is 13.8 Å². The fourth-order valence-electron chi connectivity index (χ4n) is 1.54. The number of nitrogens with zero attached hydrogens (tertiary/aromatic N) is 1. The highest BCUT2D eigenvalue weighted by Gasteiger charge is 2.05. The van der Waals surface area contributed by atoms with E-state index in [1.54, 1.807) is 24.3 Å². The van der Waals surface area contributed by atoms with Crippen LogP contribution in [0.5, 0.6) is 0 Å². The Morgan fingerprint density at radius 3 is 2.53 bits per heavy atom. The van der Waals surface area contributed by atoms with Gasteiger partial charge in [0.2, 0.25) is 0 Å². The average molecular weight is 236 g/mol. The third-order valence-electron chi connectivity index (χ3n) is 2.21. The van der Waals surface area contributed by atoms with Crippen LogP contribution in [0.2, 0.25) is 0 Å². The van der Waals surface area contributed by atoms with Gasteiger partial charge in [0.1, 0.15) is 0 Å². The Hall–Kier alpha value is -1.88. The molecule has 0 bridgehead atoms. The van der Waals surface area contributed by atoms with Crippen LogP contribution < -0.4 is 11.1 Å². The smallest absolute Gasteiger partial charge is 0.316 e. The molecule has 1 aromatic carbocycles. The van der Waals surface area contributed by atoms with Gasteiger partial charge in [-0.2, -0.15) is 0 Å². The molecule has 2 rings (SSSR count). The summed E-state index contributed by atoms with van der Waals surface area (Å²) in [4.78, 5) is 25.2. The van der Waals surface area contributed by atoms with Crippen LogP contribution in [0.25, 0.3) is 11.0 Å². The standard InChI is InChI=1S/C10H10N2O3.C2H6/c13-6-5-12-8-4-2-1-3-7(8)11-9(14)10(12)15;1-2/h1-4,13H,5-6H2,(H,11,14);1-2H3. The van der Waals surface area contributed by atoms with Gasteiger partial charge in [0.05, 0.1) is 17.6 Å². The first-order chi connectivity index (χ1) is 8.24. The van der Waals surface area contributed by atoms with Crippen LogP contribution in [0.3, 0.4) is 0 Å². The minimum atomic E-state index is -0.665. The number of fused-ring (bicyclic) bond motifs is 1. The molecule has 0 saturated heterocycles. The fraction of sp³-hybridized carbons (Fsp3) is 0.333. The molecule has 5 nitrogen and oxygen atoms in total. The van der Waals surface area contributed by atoms with Gasteiger partial charge >= 0.3 is 11.1 Å². The van der Waals surface area contributed by atoms with Crippen LogP contribution in [0.4, 0.5) is 0 Å². The lowest BCUT2D eigenvalue weighted by Crippen LogP contribution is -2.36.